The molecule has 11 heteroatoms. The molecule has 5 aromatic rings. The number of thiophene rings is 1. The van der Waals surface area contributed by atoms with E-state index in [1.807, 2.05) is 23.6 Å². The zero-order valence-corrected chi connectivity index (χ0v) is 19.6. The molecule has 0 radical (unpaired) electrons. The molecule has 6 nitrogen and oxygen atoms in total. The quantitative estimate of drug-likeness (QED) is 0.214. The van der Waals surface area contributed by atoms with E-state index in [2.05, 4.69) is 20.6 Å². The molecule has 2 aromatic carbocycles. The molecule has 0 bridgehead atoms. The molecule has 0 aliphatic carbocycles. The molecule has 0 spiro atoms. The van der Waals surface area contributed by atoms with Gasteiger partial charge in [0.25, 0.3) is 0 Å². The maximum Gasteiger partial charge on any atom is 0.416 e. The minimum atomic E-state index is -4.67. The first-order chi connectivity index (χ1) is 17.7. The van der Waals surface area contributed by atoms with Crippen LogP contribution in [0.5, 0.6) is 0 Å². The summed E-state index contributed by atoms with van der Waals surface area (Å²) in [5.41, 5.74) is 8.21. The third-order valence-corrected chi connectivity index (χ3v) is 6.57. The molecule has 0 saturated carbocycles. The van der Waals surface area contributed by atoms with E-state index in [1.54, 1.807) is 36.7 Å². The number of carbonyl (C=O) groups is 1. The Hall–Kier alpha value is -4.51. The number of aromatic nitrogens is 2. The maximum absolute atomic E-state index is 13.9. The normalized spacial score (nSPS) is 11.5. The molecule has 5 rings (SSSR count). The van der Waals surface area contributed by atoms with Crippen molar-refractivity contribution < 1.29 is 22.4 Å². The van der Waals surface area contributed by atoms with Crippen LogP contribution in [-0.4, -0.2) is 16.0 Å². The highest BCUT2D eigenvalue weighted by molar-refractivity contribution is 7.18. The number of carbonyl (C=O) groups excluding carboxylic acids is 1. The summed E-state index contributed by atoms with van der Waals surface area (Å²) < 4.78 is 53.6. The van der Waals surface area contributed by atoms with Crippen LogP contribution in [0.2, 0.25) is 0 Å². The minimum Gasteiger partial charge on any atom is -0.383 e. The van der Waals surface area contributed by atoms with Gasteiger partial charge in [0.1, 0.15) is 11.6 Å². The van der Waals surface area contributed by atoms with Crippen LogP contribution in [0.1, 0.15) is 5.56 Å². The third-order valence-electron chi connectivity index (χ3n) is 5.56. The summed E-state index contributed by atoms with van der Waals surface area (Å²) in [5, 5.41) is 7.34. The van der Waals surface area contributed by atoms with Gasteiger partial charge in [-0.3, -0.25) is 4.98 Å². The van der Waals surface area contributed by atoms with E-state index in [4.69, 9.17) is 5.73 Å². The predicted molar refractivity (Wildman–Crippen MR) is 137 cm³/mol. The van der Waals surface area contributed by atoms with E-state index in [0.29, 0.717) is 29.7 Å². The van der Waals surface area contributed by atoms with Crippen molar-refractivity contribution in [2.24, 2.45) is 0 Å². The molecule has 0 saturated heterocycles. The van der Waals surface area contributed by atoms with Crippen LogP contribution in [0.3, 0.4) is 0 Å². The Morgan fingerprint density at radius 3 is 2.43 bits per heavy atom. The van der Waals surface area contributed by atoms with Gasteiger partial charge in [-0.1, -0.05) is 18.2 Å². The first kappa shape index (κ1) is 24.2. The van der Waals surface area contributed by atoms with Gasteiger partial charge in [-0.2, -0.15) is 13.2 Å². The third kappa shape index (κ3) is 4.94. The zero-order valence-electron chi connectivity index (χ0n) is 18.8. The maximum atomic E-state index is 13.9. The molecule has 37 heavy (non-hydrogen) atoms. The molecular formula is C26H17F4N5OS. The van der Waals surface area contributed by atoms with E-state index >= 15 is 0 Å². The molecule has 0 fully saturated rings. The lowest BCUT2D eigenvalue weighted by molar-refractivity contribution is -0.137. The summed E-state index contributed by atoms with van der Waals surface area (Å²) >= 11 is 1.51. The van der Waals surface area contributed by atoms with Gasteiger partial charge in [-0.25, -0.2) is 14.2 Å². The molecule has 3 heterocycles. The Labute approximate surface area is 211 Å². The van der Waals surface area contributed by atoms with Gasteiger partial charge in [0, 0.05) is 39.3 Å². The molecule has 0 unspecified atom stereocenters. The lowest BCUT2D eigenvalue weighted by atomic mass is 10.0. The smallest absolute Gasteiger partial charge is 0.383 e. The number of hydrogen-bond donors (Lipinski definition) is 3. The molecule has 186 valence electrons. The van der Waals surface area contributed by atoms with E-state index < -0.39 is 29.3 Å². The number of anilines is 3. The van der Waals surface area contributed by atoms with Crippen LogP contribution >= 0.6 is 11.3 Å². The highest BCUT2D eigenvalue weighted by atomic mass is 32.1. The van der Waals surface area contributed by atoms with E-state index in [9.17, 15) is 22.4 Å². The summed E-state index contributed by atoms with van der Waals surface area (Å²) in [6, 6.07) is 13.3. The average Bonchev–Trinajstić information content (AvgIpc) is 3.32. The first-order valence-electron chi connectivity index (χ1n) is 10.8. The highest BCUT2D eigenvalue weighted by Gasteiger charge is 2.31. The fourth-order valence-corrected chi connectivity index (χ4v) is 4.91. The second-order valence-corrected chi connectivity index (χ2v) is 8.85. The van der Waals surface area contributed by atoms with Crippen LogP contribution < -0.4 is 16.4 Å². The second kappa shape index (κ2) is 9.51. The van der Waals surface area contributed by atoms with Crippen molar-refractivity contribution in [3.8, 4) is 22.4 Å². The van der Waals surface area contributed by atoms with Crippen molar-refractivity contribution in [2.75, 3.05) is 16.4 Å². The lowest BCUT2D eigenvalue weighted by Crippen LogP contribution is -2.20. The topological polar surface area (TPSA) is 92.9 Å². The Kier molecular flexibility index (Phi) is 6.22. The number of nitrogens with zero attached hydrogens (tertiary/aromatic N) is 2. The number of nitrogens with two attached hydrogens (primary N) is 1. The summed E-state index contributed by atoms with van der Waals surface area (Å²) in [4.78, 5) is 21.0. The van der Waals surface area contributed by atoms with Crippen LogP contribution in [0, 0.1) is 5.82 Å². The van der Waals surface area contributed by atoms with Crippen molar-refractivity contribution in [3.63, 3.8) is 0 Å². The first-order valence-corrected chi connectivity index (χ1v) is 11.7. The number of alkyl halides is 3. The number of benzene rings is 2. The highest BCUT2D eigenvalue weighted by Crippen LogP contribution is 2.41. The van der Waals surface area contributed by atoms with Crippen molar-refractivity contribution in [1.82, 2.24) is 9.97 Å². The summed E-state index contributed by atoms with van der Waals surface area (Å²) in [6.07, 6.45) is -1.27. The average molecular weight is 524 g/mol. The number of halogens is 4. The number of urea groups is 1. The van der Waals surface area contributed by atoms with Crippen molar-refractivity contribution in [2.45, 2.75) is 6.18 Å². The Bertz CT molecular complexity index is 1600. The summed E-state index contributed by atoms with van der Waals surface area (Å²) in [6.45, 7) is 0. The molecule has 0 aliphatic rings. The lowest BCUT2D eigenvalue weighted by Gasteiger charge is -2.12. The number of pyridine rings is 2. The van der Waals surface area contributed by atoms with Crippen LogP contribution in [0.15, 0.2) is 78.4 Å². The van der Waals surface area contributed by atoms with Crippen molar-refractivity contribution in [1.29, 1.82) is 0 Å². The van der Waals surface area contributed by atoms with Gasteiger partial charge < -0.3 is 16.4 Å². The van der Waals surface area contributed by atoms with Crippen LogP contribution in [0.4, 0.5) is 39.5 Å². The number of nitrogen functional groups attached to an aromatic ring is 1. The minimum absolute atomic E-state index is 0.355. The Morgan fingerprint density at radius 2 is 1.73 bits per heavy atom. The van der Waals surface area contributed by atoms with Gasteiger partial charge in [0.05, 0.1) is 16.9 Å². The number of amides is 2. The molecule has 3 aromatic heterocycles. The number of hydrogen-bond acceptors (Lipinski definition) is 5. The fourth-order valence-electron chi connectivity index (χ4n) is 3.80. The number of fused-ring (bicyclic) bond motifs is 1. The summed E-state index contributed by atoms with van der Waals surface area (Å²) in [7, 11) is 0. The number of nitrogens with one attached hydrogen (secondary N) is 2. The van der Waals surface area contributed by atoms with E-state index in [0.717, 1.165) is 32.5 Å². The predicted octanol–water partition coefficient (Wildman–Crippen LogP) is 7.41. The van der Waals surface area contributed by atoms with Crippen LogP contribution in [0.25, 0.3) is 32.5 Å². The van der Waals surface area contributed by atoms with Gasteiger partial charge in [-0.15, -0.1) is 11.3 Å². The zero-order chi connectivity index (χ0) is 26.2. The molecule has 0 atom stereocenters. The van der Waals surface area contributed by atoms with Crippen molar-refractivity contribution >= 4 is 44.6 Å². The van der Waals surface area contributed by atoms with E-state index in [-0.39, 0.29) is 0 Å². The SMILES string of the molecule is Nc1ncc(-c2ccccn2)c2scc(-c3ccc(NC(=O)Nc4cc(C(F)(F)F)ccc4F)cc3)c12. The van der Waals surface area contributed by atoms with Gasteiger partial charge in [0.2, 0.25) is 0 Å². The monoisotopic (exact) mass is 523 g/mol. The van der Waals surface area contributed by atoms with E-state index in [1.165, 1.54) is 11.3 Å². The fraction of sp³-hybridized carbons (Fsp3) is 0.0385. The Balaban J connectivity index is 1.37. The largest absolute Gasteiger partial charge is 0.416 e. The second-order valence-electron chi connectivity index (χ2n) is 7.97. The standard InChI is InChI=1S/C26H17F4N5OS/c27-19-9-6-15(26(28,29)30)11-21(19)35-25(36)34-16-7-4-14(5-8-16)18-13-37-23-17(12-33-24(31)22(18)23)20-3-1-2-10-32-20/h1-13H,(H2,31,33)(H2,34,35,36). The van der Waals surface area contributed by atoms with Crippen LogP contribution in [-0.2, 0) is 6.18 Å². The number of rotatable bonds is 4. The molecule has 4 N–H and O–H groups in total. The molecule has 2 amide bonds. The van der Waals surface area contributed by atoms with Gasteiger partial charge in [-0.05, 0) is 53.4 Å². The Morgan fingerprint density at radius 1 is 0.946 bits per heavy atom. The molecular weight excluding hydrogens is 506 g/mol. The van der Waals surface area contributed by atoms with Gasteiger partial charge >= 0.3 is 12.2 Å². The van der Waals surface area contributed by atoms with Crippen molar-refractivity contribution in [3.05, 3.63) is 89.8 Å². The molecule has 0 aliphatic heterocycles. The van der Waals surface area contributed by atoms with Gasteiger partial charge in [0.15, 0.2) is 0 Å². The summed E-state index contributed by atoms with van der Waals surface area (Å²) in [5.74, 6) is -0.616.